The van der Waals surface area contributed by atoms with Gasteiger partial charge in [0, 0.05) is 0 Å². The lowest BCUT2D eigenvalue weighted by Crippen LogP contribution is -2.43. The van der Waals surface area contributed by atoms with Gasteiger partial charge in [-0.15, -0.1) is 11.3 Å². The summed E-state index contributed by atoms with van der Waals surface area (Å²) >= 11 is 1.39. The minimum atomic E-state index is -0.742. The topological polar surface area (TPSA) is 94.9 Å². The van der Waals surface area contributed by atoms with Gasteiger partial charge in [0.2, 0.25) is 11.8 Å². The molecule has 4 rings (SSSR count). The Kier molecular flexibility index (Phi) is 4.99. The number of rotatable bonds is 6. The van der Waals surface area contributed by atoms with Crippen molar-refractivity contribution in [2.45, 2.75) is 24.8 Å². The van der Waals surface area contributed by atoms with Gasteiger partial charge >= 0.3 is 0 Å². The first-order valence-electron chi connectivity index (χ1n) is 9.11. The van der Waals surface area contributed by atoms with E-state index in [1.165, 1.54) is 23.5 Å². The average molecular weight is 408 g/mol. The van der Waals surface area contributed by atoms with E-state index in [1.54, 1.807) is 6.07 Å². The molecule has 0 saturated heterocycles. The predicted molar refractivity (Wildman–Crippen MR) is 107 cm³/mol. The van der Waals surface area contributed by atoms with Crippen molar-refractivity contribution in [3.05, 3.63) is 53.3 Å². The van der Waals surface area contributed by atoms with Crippen LogP contribution < -0.4 is 10.6 Å². The smallest absolute Gasteiger partial charge is 0.240 e. The lowest BCUT2D eigenvalue weighted by atomic mass is 10.1. The standard InChI is InChI=1S/C21H17FN4O2S/c22-15-3-1-2-13(8-15)14-4-5-16-17(9-14)29-20(25-16)10-18(27)24-11-19(28)26-21(12-23)6-7-21/h1-5,8-9H,6-7,10-11H2,(H,24,27)(H,26,28). The van der Waals surface area contributed by atoms with Gasteiger partial charge in [-0.1, -0.05) is 18.2 Å². The molecule has 1 saturated carbocycles. The number of benzene rings is 2. The second-order valence-electron chi connectivity index (χ2n) is 7.00. The number of nitriles is 1. The Morgan fingerprint density at radius 2 is 1.97 bits per heavy atom. The molecule has 0 aliphatic heterocycles. The predicted octanol–water partition coefficient (Wildman–Crippen LogP) is 2.93. The molecular formula is C21H17FN4O2S. The van der Waals surface area contributed by atoms with E-state index in [4.69, 9.17) is 5.26 Å². The number of amides is 2. The molecule has 2 N–H and O–H groups in total. The Morgan fingerprint density at radius 3 is 2.69 bits per heavy atom. The number of thiazole rings is 1. The molecule has 29 heavy (non-hydrogen) atoms. The number of carbonyl (C=O) groups excluding carboxylic acids is 2. The van der Waals surface area contributed by atoms with Gasteiger partial charge in [-0.05, 0) is 48.2 Å². The molecular weight excluding hydrogens is 391 g/mol. The number of carbonyl (C=O) groups is 2. The quantitative estimate of drug-likeness (QED) is 0.656. The number of hydrogen-bond acceptors (Lipinski definition) is 5. The van der Waals surface area contributed by atoms with Crippen LogP contribution in [0.25, 0.3) is 21.3 Å². The first-order chi connectivity index (χ1) is 14.0. The highest BCUT2D eigenvalue weighted by atomic mass is 32.1. The summed E-state index contributed by atoms with van der Waals surface area (Å²) in [5, 5.41) is 14.8. The molecule has 0 atom stereocenters. The van der Waals surface area contributed by atoms with Gasteiger partial charge in [0.1, 0.15) is 16.4 Å². The zero-order valence-electron chi connectivity index (χ0n) is 15.4. The summed E-state index contributed by atoms with van der Waals surface area (Å²) in [6, 6.07) is 14.1. The van der Waals surface area contributed by atoms with E-state index in [2.05, 4.69) is 21.7 Å². The molecule has 3 aromatic rings. The van der Waals surface area contributed by atoms with Gasteiger partial charge in [-0.3, -0.25) is 9.59 Å². The molecule has 1 fully saturated rings. The molecule has 146 valence electrons. The average Bonchev–Trinajstić information content (AvgIpc) is 3.36. The number of nitrogens with zero attached hydrogens (tertiary/aromatic N) is 2. The zero-order valence-corrected chi connectivity index (χ0v) is 16.2. The monoisotopic (exact) mass is 408 g/mol. The summed E-state index contributed by atoms with van der Waals surface area (Å²) in [5.41, 5.74) is 1.67. The van der Waals surface area contributed by atoms with E-state index in [-0.39, 0.29) is 30.6 Å². The maximum absolute atomic E-state index is 13.5. The summed E-state index contributed by atoms with van der Waals surface area (Å²) in [5.74, 6) is -0.983. The van der Waals surface area contributed by atoms with E-state index >= 15 is 0 Å². The van der Waals surface area contributed by atoms with Crippen molar-refractivity contribution in [2.75, 3.05) is 6.54 Å². The fourth-order valence-corrected chi connectivity index (χ4v) is 3.98. The van der Waals surface area contributed by atoms with Crippen molar-refractivity contribution in [2.24, 2.45) is 0 Å². The summed E-state index contributed by atoms with van der Waals surface area (Å²) in [4.78, 5) is 28.4. The number of halogens is 1. The van der Waals surface area contributed by atoms with Crippen molar-refractivity contribution in [3.8, 4) is 17.2 Å². The highest BCUT2D eigenvalue weighted by Gasteiger charge is 2.44. The van der Waals surface area contributed by atoms with Crippen LogP contribution in [0.3, 0.4) is 0 Å². The molecule has 6 nitrogen and oxygen atoms in total. The molecule has 0 bridgehead atoms. The summed E-state index contributed by atoms with van der Waals surface area (Å²) in [7, 11) is 0. The SMILES string of the molecule is N#CC1(NC(=O)CNC(=O)Cc2nc3ccc(-c4cccc(F)c4)cc3s2)CC1. The highest BCUT2D eigenvalue weighted by molar-refractivity contribution is 7.18. The first kappa shape index (κ1) is 19.0. The molecule has 1 heterocycles. The lowest BCUT2D eigenvalue weighted by molar-refractivity contribution is -0.126. The zero-order chi connectivity index (χ0) is 20.4. The summed E-state index contributed by atoms with van der Waals surface area (Å²) in [6.07, 6.45) is 1.35. The van der Waals surface area contributed by atoms with Crippen LogP contribution >= 0.6 is 11.3 Å². The largest absolute Gasteiger partial charge is 0.347 e. The molecule has 0 spiro atoms. The Labute approximate surface area is 170 Å². The number of aromatic nitrogens is 1. The van der Waals surface area contributed by atoms with Gasteiger partial charge in [0.15, 0.2) is 0 Å². The van der Waals surface area contributed by atoms with Crippen molar-refractivity contribution in [3.63, 3.8) is 0 Å². The van der Waals surface area contributed by atoms with Crippen LogP contribution in [0.2, 0.25) is 0 Å². The molecule has 1 aliphatic rings. The second-order valence-corrected chi connectivity index (χ2v) is 8.11. The van der Waals surface area contributed by atoms with Crippen molar-refractivity contribution in [1.29, 1.82) is 5.26 Å². The minimum absolute atomic E-state index is 0.0608. The fourth-order valence-electron chi connectivity index (χ4n) is 2.98. The highest BCUT2D eigenvalue weighted by Crippen LogP contribution is 2.34. The summed E-state index contributed by atoms with van der Waals surface area (Å²) < 4.78 is 14.4. The summed E-state index contributed by atoms with van der Waals surface area (Å²) in [6.45, 7) is -0.170. The maximum Gasteiger partial charge on any atom is 0.240 e. The van der Waals surface area contributed by atoms with E-state index in [9.17, 15) is 14.0 Å². The normalized spacial score (nSPS) is 14.2. The van der Waals surface area contributed by atoms with E-state index in [0.717, 1.165) is 21.3 Å². The molecule has 1 aliphatic carbocycles. The molecule has 8 heteroatoms. The third-order valence-corrected chi connectivity index (χ3v) is 5.71. The van der Waals surface area contributed by atoms with Gasteiger partial charge in [0.25, 0.3) is 0 Å². The third-order valence-electron chi connectivity index (χ3n) is 4.69. The van der Waals surface area contributed by atoms with Crippen LogP contribution in [0.5, 0.6) is 0 Å². The van der Waals surface area contributed by atoms with Crippen molar-refractivity contribution in [1.82, 2.24) is 15.6 Å². The Balaban J connectivity index is 1.38. The first-order valence-corrected chi connectivity index (χ1v) is 9.92. The molecule has 2 amide bonds. The second kappa shape index (κ2) is 7.60. The lowest BCUT2D eigenvalue weighted by Gasteiger charge is -2.09. The number of fused-ring (bicyclic) bond motifs is 1. The van der Waals surface area contributed by atoms with Crippen molar-refractivity contribution >= 4 is 33.4 Å². The fraction of sp³-hybridized carbons (Fsp3) is 0.238. The maximum atomic E-state index is 13.5. The van der Waals surface area contributed by atoms with Crippen LogP contribution in [0.4, 0.5) is 4.39 Å². The third kappa shape index (κ3) is 4.41. The van der Waals surface area contributed by atoms with E-state index in [0.29, 0.717) is 17.8 Å². The van der Waals surface area contributed by atoms with Gasteiger partial charge in [-0.25, -0.2) is 9.37 Å². The number of nitrogens with one attached hydrogen (secondary N) is 2. The van der Waals surface area contributed by atoms with Crippen LogP contribution in [-0.2, 0) is 16.0 Å². The Hall–Kier alpha value is -3.31. The Bertz CT molecular complexity index is 1150. The van der Waals surface area contributed by atoms with Crippen molar-refractivity contribution < 1.29 is 14.0 Å². The van der Waals surface area contributed by atoms with Gasteiger partial charge < -0.3 is 10.6 Å². The molecule has 0 radical (unpaired) electrons. The van der Waals surface area contributed by atoms with E-state index in [1.807, 2.05) is 24.3 Å². The molecule has 0 unspecified atom stereocenters. The van der Waals surface area contributed by atoms with E-state index < -0.39 is 5.54 Å². The van der Waals surface area contributed by atoms with Gasteiger partial charge in [-0.2, -0.15) is 5.26 Å². The van der Waals surface area contributed by atoms with Crippen LogP contribution in [0, 0.1) is 17.1 Å². The Morgan fingerprint density at radius 1 is 1.17 bits per heavy atom. The van der Waals surface area contributed by atoms with Gasteiger partial charge in [0.05, 0.1) is 29.3 Å². The van der Waals surface area contributed by atoms with Crippen LogP contribution in [0.1, 0.15) is 17.8 Å². The van der Waals surface area contributed by atoms with Crippen LogP contribution in [-0.4, -0.2) is 28.9 Å². The van der Waals surface area contributed by atoms with Crippen LogP contribution in [0.15, 0.2) is 42.5 Å². The number of hydrogen-bond donors (Lipinski definition) is 2. The molecule has 1 aromatic heterocycles. The minimum Gasteiger partial charge on any atom is -0.347 e. The molecule has 2 aromatic carbocycles.